The average molecular weight is 352 g/mol. The van der Waals surface area contributed by atoms with Gasteiger partial charge in [-0.05, 0) is 26.3 Å². The van der Waals surface area contributed by atoms with Gasteiger partial charge in [0.25, 0.3) is 5.91 Å². The van der Waals surface area contributed by atoms with Gasteiger partial charge in [0.2, 0.25) is 0 Å². The highest BCUT2D eigenvalue weighted by Crippen LogP contribution is 2.31. The van der Waals surface area contributed by atoms with E-state index in [0.29, 0.717) is 11.4 Å². The van der Waals surface area contributed by atoms with E-state index in [1.807, 2.05) is 54.2 Å². The third kappa shape index (κ3) is 3.64. The van der Waals surface area contributed by atoms with Crippen molar-refractivity contribution in [2.24, 2.45) is 0 Å². The molecule has 0 aliphatic heterocycles. The quantitative estimate of drug-likeness (QED) is 0.705. The second-order valence-corrected chi connectivity index (χ2v) is 6.47. The lowest BCUT2D eigenvalue weighted by Crippen LogP contribution is -2.19. The Balaban J connectivity index is 1.93. The molecule has 26 heavy (non-hydrogen) atoms. The number of nitrogens with one attached hydrogen (secondary N) is 2. The van der Waals surface area contributed by atoms with Crippen LogP contribution in [-0.2, 0) is 0 Å². The summed E-state index contributed by atoms with van der Waals surface area (Å²) in [7, 11) is 1.60. The molecular formula is C20H24N4O2. The van der Waals surface area contributed by atoms with Gasteiger partial charge < -0.3 is 15.0 Å². The molecule has 0 aliphatic carbocycles. The first kappa shape index (κ1) is 17.8. The van der Waals surface area contributed by atoms with Crippen molar-refractivity contribution in [3.05, 3.63) is 60.0 Å². The predicted octanol–water partition coefficient (Wildman–Crippen LogP) is 3.96. The molecule has 1 aromatic carbocycles. The Morgan fingerprint density at radius 1 is 1.23 bits per heavy atom. The first-order valence-corrected chi connectivity index (χ1v) is 8.70. The number of aromatic amines is 1. The van der Waals surface area contributed by atoms with E-state index in [0.717, 1.165) is 16.8 Å². The van der Waals surface area contributed by atoms with E-state index in [-0.39, 0.29) is 18.1 Å². The van der Waals surface area contributed by atoms with Crippen molar-refractivity contribution in [3.63, 3.8) is 0 Å². The summed E-state index contributed by atoms with van der Waals surface area (Å²) < 4.78 is 7.97. The molecule has 3 rings (SSSR count). The first-order valence-electron chi connectivity index (χ1n) is 8.70. The third-order valence-electron chi connectivity index (χ3n) is 4.25. The largest absolute Gasteiger partial charge is 0.484 e. The number of H-pyrrole nitrogens is 1. The number of amides is 1. The van der Waals surface area contributed by atoms with Crippen LogP contribution in [0.4, 0.5) is 0 Å². The molecule has 0 saturated heterocycles. The summed E-state index contributed by atoms with van der Waals surface area (Å²) in [6.07, 6.45) is 3.56. The van der Waals surface area contributed by atoms with Crippen LogP contribution in [0.5, 0.6) is 5.75 Å². The van der Waals surface area contributed by atoms with E-state index < -0.39 is 0 Å². The maximum absolute atomic E-state index is 12.3. The number of benzene rings is 1. The highest BCUT2D eigenvalue weighted by molar-refractivity contribution is 5.96. The van der Waals surface area contributed by atoms with Crippen molar-refractivity contribution in [2.45, 2.75) is 32.9 Å². The molecule has 0 bridgehead atoms. The molecule has 0 radical (unpaired) electrons. The fraction of sp³-hybridized carbons (Fsp3) is 0.300. The van der Waals surface area contributed by atoms with Gasteiger partial charge in [-0.1, -0.05) is 30.3 Å². The van der Waals surface area contributed by atoms with Crippen LogP contribution in [0.1, 0.15) is 49.0 Å². The predicted molar refractivity (Wildman–Crippen MR) is 101 cm³/mol. The van der Waals surface area contributed by atoms with Gasteiger partial charge in [0.1, 0.15) is 11.8 Å². The van der Waals surface area contributed by atoms with Gasteiger partial charge in [-0.2, -0.15) is 5.10 Å². The summed E-state index contributed by atoms with van der Waals surface area (Å²) >= 11 is 0. The minimum absolute atomic E-state index is 0.179. The molecule has 0 fully saturated rings. The number of hydrogen-bond donors (Lipinski definition) is 2. The Labute approximate surface area is 153 Å². The first-order chi connectivity index (χ1) is 12.5. The molecule has 0 spiro atoms. The van der Waals surface area contributed by atoms with E-state index in [1.54, 1.807) is 13.2 Å². The second-order valence-electron chi connectivity index (χ2n) is 6.47. The number of carbonyl (C=O) groups excluding carboxylic acids is 1. The zero-order chi connectivity index (χ0) is 18.7. The van der Waals surface area contributed by atoms with Gasteiger partial charge in [-0.25, -0.2) is 0 Å². The van der Waals surface area contributed by atoms with Crippen molar-refractivity contribution < 1.29 is 9.53 Å². The molecule has 2 heterocycles. The average Bonchev–Trinajstić information content (AvgIpc) is 3.29. The van der Waals surface area contributed by atoms with Crippen molar-refractivity contribution in [1.29, 1.82) is 0 Å². The standard InChI is InChI=1S/C20H24N4O2/c1-13(2)24-12-16(11-22-24)17-10-18(19(23-17)20(25)21-4)26-14(3)15-8-6-5-7-9-15/h5-14,23H,1-4H3,(H,21,25)/t14-/m1/s1. The lowest BCUT2D eigenvalue weighted by atomic mass is 10.1. The van der Waals surface area contributed by atoms with Crippen LogP contribution in [0.25, 0.3) is 11.3 Å². The molecule has 1 amide bonds. The molecule has 136 valence electrons. The summed E-state index contributed by atoms with van der Waals surface area (Å²) in [6, 6.07) is 12.0. The zero-order valence-electron chi connectivity index (χ0n) is 15.5. The van der Waals surface area contributed by atoms with Gasteiger partial charge in [0.15, 0.2) is 5.75 Å². The van der Waals surface area contributed by atoms with Crippen LogP contribution < -0.4 is 10.1 Å². The lowest BCUT2D eigenvalue weighted by Gasteiger charge is -2.14. The van der Waals surface area contributed by atoms with Crippen LogP contribution >= 0.6 is 0 Å². The van der Waals surface area contributed by atoms with Gasteiger partial charge >= 0.3 is 0 Å². The van der Waals surface area contributed by atoms with Crippen molar-refractivity contribution in [1.82, 2.24) is 20.1 Å². The smallest absolute Gasteiger partial charge is 0.271 e. The summed E-state index contributed by atoms with van der Waals surface area (Å²) in [6.45, 7) is 6.10. The van der Waals surface area contributed by atoms with Crippen LogP contribution in [0.3, 0.4) is 0 Å². The minimum Gasteiger partial charge on any atom is -0.484 e. The van der Waals surface area contributed by atoms with Crippen molar-refractivity contribution in [2.75, 3.05) is 7.05 Å². The fourth-order valence-electron chi connectivity index (χ4n) is 2.72. The second kappa shape index (κ2) is 7.47. The normalized spacial score (nSPS) is 12.2. The Morgan fingerprint density at radius 2 is 1.96 bits per heavy atom. The number of carbonyl (C=O) groups is 1. The molecule has 0 saturated carbocycles. The maximum Gasteiger partial charge on any atom is 0.271 e. The SMILES string of the molecule is CNC(=O)c1[nH]c(-c2cnn(C(C)C)c2)cc1O[C@H](C)c1ccccc1. The van der Waals surface area contributed by atoms with Crippen LogP contribution in [-0.4, -0.2) is 27.7 Å². The Bertz CT molecular complexity index is 880. The van der Waals surface area contributed by atoms with Crippen LogP contribution in [0.2, 0.25) is 0 Å². The lowest BCUT2D eigenvalue weighted by molar-refractivity contribution is 0.0952. The number of rotatable bonds is 6. The third-order valence-corrected chi connectivity index (χ3v) is 4.25. The van der Waals surface area contributed by atoms with Crippen LogP contribution in [0.15, 0.2) is 48.8 Å². The summed E-state index contributed by atoms with van der Waals surface area (Å²) in [5.74, 6) is 0.302. The van der Waals surface area contributed by atoms with Crippen molar-refractivity contribution >= 4 is 5.91 Å². The minimum atomic E-state index is -0.220. The Hall–Kier alpha value is -3.02. The molecule has 0 unspecified atom stereocenters. The van der Waals surface area contributed by atoms with E-state index in [1.165, 1.54) is 0 Å². The maximum atomic E-state index is 12.3. The molecule has 2 aromatic heterocycles. The highest BCUT2D eigenvalue weighted by Gasteiger charge is 2.20. The molecule has 0 aliphatic rings. The molecule has 1 atom stereocenters. The Kier molecular flexibility index (Phi) is 5.11. The molecule has 6 nitrogen and oxygen atoms in total. The summed E-state index contributed by atoms with van der Waals surface area (Å²) in [4.78, 5) is 15.4. The van der Waals surface area contributed by atoms with Crippen LogP contribution in [0, 0.1) is 0 Å². The van der Waals surface area contributed by atoms with E-state index in [9.17, 15) is 4.79 Å². The Morgan fingerprint density at radius 3 is 2.58 bits per heavy atom. The van der Waals surface area contributed by atoms with Crippen molar-refractivity contribution in [3.8, 4) is 17.0 Å². The van der Waals surface area contributed by atoms with Gasteiger partial charge in [0, 0.05) is 30.9 Å². The van der Waals surface area contributed by atoms with Gasteiger partial charge in [-0.3, -0.25) is 9.48 Å². The highest BCUT2D eigenvalue weighted by atomic mass is 16.5. The monoisotopic (exact) mass is 352 g/mol. The summed E-state index contributed by atoms with van der Waals surface area (Å²) in [5, 5.41) is 7.01. The topological polar surface area (TPSA) is 71.9 Å². The number of ether oxygens (including phenoxy) is 1. The fourth-order valence-corrected chi connectivity index (χ4v) is 2.72. The van der Waals surface area contributed by atoms with Gasteiger partial charge in [-0.15, -0.1) is 0 Å². The molecule has 3 aromatic rings. The number of nitrogens with zero attached hydrogens (tertiary/aromatic N) is 2. The summed E-state index contributed by atoms with van der Waals surface area (Å²) in [5.41, 5.74) is 3.16. The molecular weight excluding hydrogens is 328 g/mol. The molecule has 2 N–H and O–H groups in total. The number of hydrogen-bond acceptors (Lipinski definition) is 3. The number of aromatic nitrogens is 3. The van der Waals surface area contributed by atoms with E-state index in [4.69, 9.17) is 4.74 Å². The molecule has 6 heteroatoms. The van der Waals surface area contributed by atoms with E-state index in [2.05, 4.69) is 29.2 Å². The van der Waals surface area contributed by atoms with E-state index >= 15 is 0 Å². The van der Waals surface area contributed by atoms with Gasteiger partial charge in [0.05, 0.1) is 11.9 Å². The zero-order valence-corrected chi connectivity index (χ0v) is 15.5.